The largest absolute Gasteiger partial charge is 0.317 e. The molecule has 2 nitrogen and oxygen atoms in total. The second-order valence-corrected chi connectivity index (χ2v) is 3.34. The van der Waals surface area contributed by atoms with Crippen LogP contribution >= 0.6 is 0 Å². The molecule has 0 amide bonds. The maximum Gasteiger partial charge on any atom is 0.00619 e. The molecule has 0 aromatic carbocycles. The molecule has 0 fully saturated rings. The van der Waals surface area contributed by atoms with Crippen LogP contribution in [0.1, 0.15) is 26.2 Å². The molecule has 0 aliphatic carbocycles. The van der Waals surface area contributed by atoms with Gasteiger partial charge in [0.05, 0.1) is 0 Å². The number of hydrogen-bond acceptors (Lipinski definition) is 2. The lowest BCUT2D eigenvalue weighted by Crippen LogP contribution is -2.25. The Balaban J connectivity index is 3.21. The molecule has 0 bridgehead atoms. The van der Waals surface area contributed by atoms with Gasteiger partial charge in [-0.05, 0) is 47.0 Å². The average molecular weight is 158 g/mol. The van der Waals surface area contributed by atoms with E-state index in [1.165, 1.54) is 25.8 Å². The highest BCUT2D eigenvalue weighted by Crippen LogP contribution is 2.00. The van der Waals surface area contributed by atoms with E-state index in [9.17, 15) is 0 Å². The minimum atomic E-state index is 0.718. The molecule has 1 N–H and O–H groups in total. The van der Waals surface area contributed by atoms with Gasteiger partial charge < -0.3 is 10.2 Å². The molecule has 1 unspecified atom stereocenters. The van der Waals surface area contributed by atoms with Gasteiger partial charge in [0.1, 0.15) is 0 Å². The van der Waals surface area contributed by atoms with Crippen molar-refractivity contribution >= 4 is 0 Å². The van der Waals surface area contributed by atoms with Crippen molar-refractivity contribution in [1.29, 1.82) is 0 Å². The van der Waals surface area contributed by atoms with Gasteiger partial charge in [-0.25, -0.2) is 0 Å². The zero-order valence-electron chi connectivity index (χ0n) is 8.35. The molecule has 0 radical (unpaired) electrons. The lowest BCUT2D eigenvalue weighted by molar-refractivity contribution is 0.373. The molecule has 2 heteroatoms. The molecule has 0 saturated heterocycles. The quantitative estimate of drug-likeness (QED) is 0.627. The van der Waals surface area contributed by atoms with Gasteiger partial charge in [0.15, 0.2) is 0 Å². The smallest absolute Gasteiger partial charge is 0.00619 e. The third-order valence-electron chi connectivity index (χ3n) is 2.06. The summed E-state index contributed by atoms with van der Waals surface area (Å²) in [6.45, 7) is 3.44. The molecule has 0 heterocycles. The summed E-state index contributed by atoms with van der Waals surface area (Å²) in [5.74, 6) is 0. The molecule has 11 heavy (non-hydrogen) atoms. The van der Waals surface area contributed by atoms with E-state index in [2.05, 4.69) is 31.2 Å². The summed E-state index contributed by atoms with van der Waals surface area (Å²) in [7, 11) is 6.30. The third kappa shape index (κ3) is 6.32. The molecule has 68 valence electrons. The zero-order valence-corrected chi connectivity index (χ0v) is 8.35. The topological polar surface area (TPSA) is 15.3 Å². The van der Waals surface area contributed by atoms with Crippen LogP contribution in [-0.2, 0) is 0 Å². The van der Waals surface area contributed by atoms with E-state index >= 15 is 0 Å². The predicted molar refractivity (Wildman–Crippen MR) is 50.9 cm³/mol. The first-order valence-electron chi connectivity index (χ1n) is 4.52. The van der Waals surface area contributed by atoms with Crippen LogP contribution in [0.3, 0.4) is 0 Å². The summed E-state index contributed by atoms with van der Waals surface area (Å²) >= 11 is 0. The first-order chi connectivity index (χ1) is 5.20. The zero-order chi connectivity index (χ0) is 8.69. The first kappa shape index (κ1) is 10.9. The highest BCUT2D eigenvalue weighted by atomic mass is 15.0. The Labute approximate surface area is 71.0 Å². The van der Waals surface area contributed by atoms with Gasteiger partial charge in [-0.3, -0.25) is 0 Å². The minimum absolute atomic E-state index is 0.718. The van der Waals surface area contributed by atoms with Gasteiger partial charge in [-0.15, -0.1) is 0 Å². The average Bonchev–Trinajstić information content (AvgIpc) is 1.98. The van der Waals surface area contributed by atoms with E-state index in [1.807, 2.05) is 7.05 Å². The predicted octanol–water partition coefficient (Wildman–Crippen LogP) is 1.33. The SMILES string of the molecule is CCC(CCCN(C)C)NC. The van der Waals surface area contributed by atoms with Crippen LogP contribution in [-0.4, -0.2) is 38.6 Å². The number of nitrogens with zero attached hydrogens (tertiary/aromatic N) is 1. The van der Waals surface area contributed by atoms with E-state index in [1.54, 1.807) is 0 Å². The van der Waals surface area contributed by atoms with Crippen molar-refractivity contribution in [1.82, 2.24) is 10.2 Å². The second kappa shape index (κ2) is 6.62. The normalized spacial score (nSPS) is 13.9. The van der Waals surface area contributed by atoms with Crippen molar-refractivity contribution in [3.05, 3.63) is 0 Å². The monoisotopic (exact) mass is 158 g/mol. The molecule has 0 aromatic rings. The Morgan fingerprint density at radius 1 is 1.36 bits per heavy atom. The standard InChI is InChI=1S/C9H22N2/c1-5-9(10-2)7-6-8-11(3)4/h9-10H,5-8H2,1-4H3. The van der Waals surface area contributed by atoms with Crippen LogP contribution in [0.5, 0.6) is 0 Å². The van der Waals surface area contributed by atoms with Crippen LogP contribution in [0, 0.1) is 0 Å². The maximum atomic E-state index is 3.31. The Kier molecular flexibility index (Phi) is 6.57. The van der Waals surface area contributed by atoms with E-state index in [0.717, 1.165) is 6.04 Å². The van der Waals surface area contributed by atoms with Crippen LogP contribution < -0.4 is 5.32 Å². The Morgan fingerprint density at radius 3 is 2.36 bits per heavy atom. The van der Waals surface area contributed by atoms with Gasteiger partial charge in [-0.2, -0.15) is 0 Å². The van der Waals surface area contributed by atoms with Crippen molar-refractivity contribution in [2.45, 2.75) is 32.2 Å². The van der Waals surface area contributed by atoms with Gasteiger partial charge in [-0.1, -0.05) is 6.92 Å². The molecule has 0 rings (SSSR count). The van der Waals surface area contributed by atoms with E-state index in [0.29, 0.717) is 0 Å². The molecule has 0 aliphatic heterocycles. The van der Waals surface area contributed by atoms with E-state index < -0.39 is 0 Å². The fraction of sp³-hybridized carbons (Fsp3) is 1.00. The van der Waals surface area contributed by atoms with Gasteiger partial charge >= 0.3 is 0 Å². The summed E-state index contributed by atoms with van der Waals surface area (Å²) in [5.41, 5.74) is 0. The lowest BCUT2D eigenvalue weighted by atomic mass is 10.1. The second-order valence-electron chi connectivity index (χ2n) is 3.34. The van der Waals surface area contributed by atoms with Crippen molar-refractivity contribution in [3.8, 4) is 0 Å². The van der Waals surface area contributed by atoms with Crippen LogP contribution in [0.4, 0.5) is 0 Å². The highest BCUT2D eigenvalue weighted by molar-refractivity contribution is 4.62. The lowest BCUT2D eigenvalue weighted by Gasteiger charge is -2.15. The molecular weight excluding hydrogens is 136 g/mol. The Bertz CT molecular complexity index is 77.6. The molecule has 0 aromatic heterocycles. The van der Waals surface area contributed by atoms with Gasteiger partial charge in [0.25, 0.3) is 0 Å². The van der Waals surface area contributed by atoms with Gasteiger partial charge in [0.2, 0.25) is 0 Å². The van der Waals surface area contributed by atoms with Crippen LogP contribution in [0.25, 0.3) is 0 Å². The summed E-state index contributed by atoms with van der Waals surface area (Å²) in [6, 6.07) is 0.718. The first-order valence-corrected chi connectivity index (χ1v) is 4.52. The third-order valence-corrected chi connectivity index (χ3v) is 2.06. The Hall–Kier alpha value is -0.0800. The van der Waals surface area contributed by atoms with E-state index in [4.69, 9.17) is 0 Å². The molecule has 0 spiro atoms. The molecule has 1 atom stereocenters. The summed E-state index contributed by atoms with van der Waals surface area (Å²) < 4.78 is 0. The fourth-order valence-electron chi connectivity index (χ4n) is 1.21. The molecule has 0 saturated carbocycles. The fourth-order valence-corrected chi connectivity index (χ4v) is 1.21. The van der Waals surface area contributed by atoms with Crippen molar-refractivity contribution in [2.75, 3.05) is 27.7 Å². The van der Waals surface area contributed by atoms with Crippen molar-refractivity contribution in [3.63, 3.8) is 0 Å². The molecular formula is C9H22N2. The highest BCUT2D eigenvalue weighted by Gasteiger charge is 2.01. The van der Waals surface area contributed by atoms with E-state index in [-0.39, 0.29) is 0 Å². The summed E-state index contributed by atoms with van der Waals surface area (Å²) in [4.78, 5) is 2.24. The van der Waals surface area contributed by atoms with Crippen molar-refractivity contribution in [2.24, 2.45) is 0 Å². The van der Waals surface area contributed by atoms with Crippen LogP contribution in [0.15, 0.2) is 0 Å². The van der Waals surface area contributed by atoms with Gasteiger partial charge in [0, 0.05) is 6.04 Å². The maximum absolute atomic E-state index is 3.31. The summed E-state index contributed by atoms with van der Waals surface area (Å²) in [5, 5.41) is 3.31. The molecule has 0 aliphatic rings. The van der Waals surface area contributed by atoms with Crippen molar-refractivity contribution < 1.29 is 0 Å². The Morgan fingerprint density at radius 2 is 2.00 bits per heavy atom. The summed E-state index contributed by atoms with van der Waals surface area (Å²) in [6.07, 6.45) is 3.83. The van der Waals surface area contributed by atoms with Crippen LogP contribution in [0.2, 0.25) is 0 Å². The minimum Gasteiger partial charge on any atom is -0.317 e. The number of nitrogens with one attached hydrogen (secondary N) is 1. The number of rotatable bonds is 6. The number of hydrogen-bond donors (Lipinski definition) is 1.